The van der Waals surface area contributed by atoms with Crippen molar-refractivity contribution in [1.82, 2.24) is 0 Å². The second-order valence-corrected chi connectivity index (χ2v) is 3.83. The fraction of sp³-hybridized carbons (Fsp3) is 0.417. The molecule has 0 saturated heterocycles. The van der Waals surface area contributed by atoms with Gasteiger partial charge in [-0.1, -0.05) is 26.0 Å². The minimum atomic E-state index is -0.782. The van der Waals surface area contributed by atoms with Crippen LogP contribution in [0.4, 0.5) is 0 Å². The van der Waals surface area contributed by atoms with Crippen molar-refractivity contribution in [2.45, 2.75) is 19.8 Å². The van der Waals surface area contributed by atoms with Crippen molar-refractivity contribution in [2.24, 2.45) is 5.92 Å². The van der Waals surface area contributed by atoms with Crippen LogP contribution < -0.4 is 4.74 Å². The van der Waals surface area contributed by atoms with E-state index in [1.165, 1.54) is 0 Å². The maximum Gasteiger partial charge on any atom is 0.311 e. The zero-order valence-corrected chi connectivity index (χ0v) is 9.23. The molecule has 0 fully saturated rings. The van der Waals surface area contributed by atoms with Gasteiger partial charge < -0.3 is 9.84 Å². The summed E-state index contributed by atoms with van der Waals surface area (Å²) in [6.07, 6.45) is 0. The van der Waals surface area contributed by atoms with E-state index in [0.29, 0.717) is 0 Å². The number of ether oxygens (including phenoxy) is 1. The van der Waals surface area contributed by atoms with Crippen LogP contribution in [0, 0.1) is 5.92 Å². The highest BCUT2D eigenvalue weighted by Gasteiger charge is 2.23. The molecule has 1 aromatic rings. The molecule has 3 heteroatoms. The third-order valence-electron chi connectivity index (χ3n) is 2.41. The Morgan fingerprint density at radius 2 is 1.80 bits per heavy atom. The van der Waals surface area contributed by atoms with Crippen LogP contribution in [-0.2, 0) is 4.79 Å². The largest absolute Gasteiger partial charge is 0.497 e. The Balaban J connectivity index is 2.97. The second-order valence-electron chi connectivity index (χ2n) is 3.83. The Bertz CT molecular complexity index is 327. The van der Waals surface area contributed by atoms with Crippen molar-refractivity contribution in [3.63, 3.8) is 0 Å². The Kier molecular flexibility index (Phi) is 3.72. The summed E-state index contributed by atoms with van der Waals surface area (Å²) in [6.45, 7) is 3.81. The van der Waals surface area contributed by atoms with Crippen LogP contribution in [-0.4, -0.2) is 18.2 Å². The summed E-state index contributed by atoms with van der Waals surface area (Å²) in [5, 5.41) is 9.09. The summed E-state index contributed by atoms with van der Waals surface area (Å²) in [7, 11) is 1.59. The van der Waals surface area contributed by atoms with Crippen LogP contribution in [0.2, 0.25) is 0 Å². The zero-order valence-electron chi connectivity index (χ0n) is 9.23. The van der Waals surface area contributed by atoms with Gasteiger partial charge in [0.15, 0.2) is 0 Å². The monoisotopic (exact) mass is 208 g/mol. The quantitative estimate of drug-likeness (QED) is 0.827. The van der Waals surface area contributed by atoms with E-state index >= 15 is 0 Å². The Hall–Kier alpha value is -1.51. The highest BCUT2D eigenvalue weighted by Crippen LogP contribution is 2.26. The van der Waals surface area contributed by atoms with E-state index in [4.69, 9.17) is 9.84 Å². The molecule has 1 unspecified atom stereocenters. The number of rotatable bonds is 4. The highest BCUT2D eigenvalue weighted by atomic mass is 16.5. The molecular formula is C12H16O3. The first-order valence-electron chi connectivity index (χ1n) is 4.93. The van der Waals surface area contributed by atoms with E-state index < -0.39 is 11.9 Å². The van der Waals surface area contributed by atoms with Crippen LogP contribution in [0.15, 0.2) is 24.3 Å². The summed E-state index contributed by atoms with van der Waals surface area (Å²) in [5.74, 6) is -0.409. The Morgan fingerprint density at radius 1 is 1.27 bits per heavy atom. The molecule has 0 aromatic heterocycles. The van der Waals surface area contributed by atoms with E-state index in [1.54, 1.807) is 31.4 Å². The van der Waals surface area contributed by atoms with Gasteiger partial charge in [-0.25, -0.2) is 0 Å². The molecule has 0 amide bonds. The van der Waals surface area contributed by atoms with Gasteiger partial charge in [-0.3, -0.25) is 4.79 Å². The molecule has 0 radical (unpaired) electrons. The van der Waals surface area contributed by atoms with Gasteiger partial charge in [-0.15, -0.1) is 0 Å². The first-order chi connectivity index (χ1) is 7.06. The van der Waals surface area contributed by atoms with Gasteiger partial charge in [-0.05, 0) is 23.6 Å². The smallest absolute Gasteiger partial charge is 0.311 e. The molecule has 0 aliphatic carbocycles. The number of hydrogen-bond donors (Lipinski definition) is 1. The van der Waals surface area contributed by atoms with Crippen molar-refractivity contribution >= 4 is 5.97 Å². The molecule has 0 aliphatic heterocycles. The third kappa shape index (κ3) is 2.72. The fourth-order valence-corrected chi connectivity index (χ4v) is 1.62. The predicted octanol–water partition coefficient (Wildman–Crippen LogP) is 2.52. The maximum absolute atomic E-state index is 11.1. The number of methoxy groups -OCH3 is 1. The minimum absolute atomic E-state index is 0.0795. The van der Waals surface area contributed by atoms with Crippen molar-refractivity contribution in [2.75, 3.05) is 7.11 Å². The number of benzene rings is 1. The number of carboxylic acids is 1. The number of carbonyl (C=O) groups is 1. The van der Waals surface area contributed by atoms with Crippen LogP contribution in [0.1, 0.15) is 25.3 Å². The molecule has 1 atom stereocenters. The molecule has 1 rings (SSSR count). The number of carboxylic acid groups (broad SMARTS) is 1. The molecule has 15 heavy (non-hydrogen) atoms. The normalized spacial score (nSPS) is 12.5. The van der Waals surface area contributed by atoms with Gasteiger partial charge in [0.1, 0.15) is 5.75 Å². The van der Waals surface area contributed by atoms with Crippen molar-refractivity contribution in [1.29, 1.82) is 0 Å². The maximum atomic E-state index is 11.1. The zero-order chi connectivity index (χ0) is 11.4. The molecule has 1 N–H and O–H groups in total. The van der Waals surface area contributed by atoms with E-state index in [2.05, 4.69) is 0 Å². The number of hydrogen-bond acceptors (Lipinski definition) is 2. The summed E-state index contributed by atoms with van der Waals surface area (Å²) >= 11 is 0. The average molecular weight is 208 g/mol. The lowest BCUT2D eigenvalue weighted by Gasteiger charge is -2.16. The van der Waals surface area contributed by atoms with E-state index in [-0.39, 0.29) is 5.92 Å². The Morgan fingerprint density at radius 3 is 2.13 bits per heavy atom. The van der Waals surface area contributed by atoms with Crippen molar-refractivity contribution in [3.8, 4) is 5.75 Å². The molecule has 82 valence electrons. The summed E-state index contributed by atoms with van der Waals surface area (Å²) in [5.41, 5.74) is 0.818. The topological polar surface area (TPSA) is 46.5 Å². The molecular weight excluding hydrogens is 192 g/mol. The summed E-state index contributed by atoms with van der Waals surface area (Å²) < 4.78 is 5.02. The molecule has 0 bridgehead atoms. The lowest BCUT2D eigenvalue weighted by molar-refractivity contribution is -0.139. The van der Waals surface area contributed by atoms with E-state index in [1.807, 2.05) is 13.8 Å². The van der Waals surface area contributed by atoms with Crippen molar-refractivity contribution in [3.05, 3.63) is 29.8 Å². The minimum Gasteiger partial charge on any atom is -0.497 e. The third-order valence-corrected chi connectivity index (χ3v) is 2.41. The van der Waals surface area contributed by atoms with Gasteiger partial charge in [0.2, 0.25) is 0 Å². The van der Waals surface area contributed by atoms with E-state index in [9.17, 15) is 4.79 Å². The molecule has 0 spiro atoms. The molecule has 0 heterocycles. The van der Waals surface area contributed by atoms with Gasteiger partial charge in [0.25, 0.3) is 0 Å². The molecule has 0 saturated carbocycles. The van der Waals surface area contributed by atoms with Crippen LogP contribution in [0.5, 0.6) is 5.75 Å². The highest BCUT2D eigenvalue weighted by molar-refractivity contribution is 5.76. The second kappa shape index (κ2) is 4.82. The van der Waals surface area contributed by atoms with Crippen LogP contribution in [0.3, 0.4) is 0 Å². The SMILES string of the molecule is COc1ccc(C(C(=O)O)C(C)C)cc1. The standard InChI is InChI=1S/C12H16O3/c1-8(2)11(12(13)14)9-4-6-10(15-3)7-5-9/h4-8,11H,1-3H3,(H,13,14). The first-order valence-corrected chi connectivity index (χ1v) is 4.93. The fourth-order valence-electron chi connectivity index (χ4n) is 1.62. The van der Waals surface area contributed by atoms with E-state index in [0.717, 1.165) is 11.3 Å². The first kappa shape index (κ1) is 11.6. The predicted molar refractivity (Wildman–Crippen MR) is 58.2 cm³/mol. The number of aliphatic carboxylic acids is 1. The lowest BCUT2D eigenvalue weighted by atomic mass is 9.88. The van der Waals surface area contributed by atoms with Gasteiger partial charge >= 0.3 is 5.97 Å². The molecule has 0 aliphatic rings. The van der Waals surface area contributed by atoms with Gasteiger partial charge in [-0.2, -0.15) is 0 Å². The van der Waals surface area contributed by atoms with Crippen LogP contribution >= 0.6 is 0 Å². The lowest BCUT2D eigenvalue weighted by Crippen LogP contribution is -2.17. The summed E-state index contributed by atoms with van der Waals surface area (Å²) in [6, 6.07) is 7.18. The van der Waals surface area contributed by atoms with Gasteiger partial charge in [0, 0.05) is 0 Å². The molecule has 1 aromatic carbocycles. The van der Waals surface area contributed by atoms with Crippen molar-refractivity contribution < 1.29 is 14.6 Å². The molecule has 3 nitrogen and oxygen atoms in total. The summed E-state index contributed by atoms with van der Waals surface area (Å²) in [4.78, 5) is 11.1. The van der Waals surface area contributed by atoms with Gasteiger partial charge in [0.05, 0.1) is 13.0 Å². The van der Waals surface area contributed by atoms with Crippen LogP contribution in [0.25, 0.3) is 0 Å². The average Bonchev–Trinajstić information content (AvgIpc) is 2.18. The Labute approximate surface area is 89.7 Å².